The van der Waals surface area contributed by atoms with Gasteiger partial charge in [0.1, 0.15) is 5.52 Å². The van der Waals surface area contributed by atoms with Crippen molar-refractivity contribution in [3.05, 3.63) is 30.6 Å². The lowest BCUT2D eigenvalue weighted by Crippen LogP contribution is -2.25. The number of para-hydroxylation sites is 1. The monoisotopic (exact) mass is 439 g/mol. The van der Waals surface area contributed by atoms with Gasteiger partial charge in [-0.05, 0) is 19.0 Å². The standard InChI is InChI=1S/C17H21N5O.HI/c1-11(2)9-22-10-19-15-16(22)12-6-4-5-7-13(12)20-17(15)21-14(23)8-18-3;/h4-7,10-11,18H,8-9H2,1-3H3,(H,20,21,23);1H. The van der Waals surface area contributed by atoms with Crippen molar-refractivity contribution in [1.82, 2.24) is 19.9 Å². The summed E-state index contributed by atoms with van der Waals surface area (Å²) in [5.41, 5.74) is 2.60. The number of halogens is 1. The highest BCUT2D eigenvalue weighted by Crippen LogP contribution is 2.29. The minimum atomic E-state index is -0.130. The largest absolute Gasteiger partial charge is 0.330 e. The minimum absolute atomic E-state index is 0. The Morgan fingerprint density at radius 2 is 2.04 bits per heavy atom. The third kappa shape index (κ3) is 3.67. The highest BCUT2D eigenvalue weighted by atomic mass is 127. The molecule has 0 fully saturated rings. The smallest absolute Gasteiger partial charge is 0.239 e. The number of nitrogens with one attached hydrogen (secondary N) is 2. The summed E-state index contributed by atoms with van der Waals surface area (Å²) in [4.78, 5) is 21.0. The van der Waals surface area contributed by atoms with E-state index in [1.807, 2.05) is 30.6 Å². The Morgan fingerprint density at radius 1 is 1.29 bits per heavy atom. The highest BCUT2D eigenvalue weighted by Gasteiger charge is 2.15. The SMILES string of the molecule is CNCC(=O)Nc1nc2ccccc2c2c1ncn2CC(C)C.I. The number of hydrogen-bond acceptors (Lipinski definition) is 4. The van der Waals surface area contributed by atoms with Crippen LogP contribution >= 0.6 is 24.0 Å². The average Bonchev–Trinajstić information content (AvgIpc) is 2.91. The van der Waals surface area contributed by atoms with Crippen LogP contribution in [0.15, 0.2) is 30.6 Å². The van der Waals surface area contributed by atoms with Crippen LogP contribution in [0.1, 0.15) is 13.8 Å². The number of hydrogen-bond donors (Lipinski definition) is 2. The van der Waals surface area contributed by atoms with Crippen LogP contribution in [0, 0.1) is 5.92 Å². The second-order valence-corrected chi connectivity index (χ2v) is 6.04. The molecular weight excluding hydrogens is 417 g/mol. The maximum atomic E-state index is 11.9. The molecule has 1 aromatic carbocycles. The van der Waals surface area contributed by atoms with Gasteiger partial charge in [0.2, 0.25) is 5.91 Å². The van der Waals surface area contributed by atoms with E-state index in [2.05, 4.69) is 39.0 Å². The summed E-state index contributed by atoms with van der Waals surface area (Å²) in [5.74, 6) is 0.887. The number of benzene rings is 1. The fraction of sp³-hybridized carbons (Fsp3) is 0.353. The molecule has 2 heterocycles. The summed E-state index contributed by atoms with van der Waals surface area (Å²) in [7, 11) is 1.74. The first kappa shape index (κ1) is 18.6. The summed E-state index contributed by atoms with van der Waals surface area (Å²) in [6, 6.07) is 7.94. The first-order valence-corrected chi connectivity index (χ1v) is 7.78. The predicted molar refractivity (Wildman–Crippen MR) is 108 cm³/mol. The van der Waals surface area contributed by atoms with Gasteiger partial charge in [-0.15, -0.1) is 24.0 Å². The molecule has 0 saturated heterocycles. The second-order valence-electron chi connectivity index (χ2n) is 6.04. The van der Waals surface area contributed by atoms with Gasteiger partial charge in [-0.2, -0.15) is 0 Å². The Morgan fingerprint density at radius 3 is 2.75 bits per heavy atom. The van der Waals surface area contributed by atoms with Gasteiger partial charge < -0.3 is 15.2 Å². The number of fused-ring (bicyclic) bond motifs is 3. The average molecular weight is 439 g/mol. The lowest BCUT2D eigenvalue weighted by molar-refractivity contribution is -0.115. The molecule has 3 aromatic rings. The molecule has 24 heavy (non-hydrogen) atoms. The van der Waals surface area contributed by atoms with E-state index in [0.717, 1.165) is 28.5 Å². The van der Waals surface area contributed by atoms with E-state index >= 15 is 0 Å². The third-order valence-corrected chi connectivity index (χ3v) is 3.61. The third-order valence-electron chi connectivity index (χ3n) is 3.61. The first-order valence-electron chi connectivity index (χ1n) is 7.78. The van der Waals surface area contributed by atoms with Gasteiger partial charge in [-0.25, -0.2) is 9.97 Å². The van der Waals surface area contributed by atoms with Gasteiger partial charge in [0.25, 0.3) is 0 Å². The summed E-state index contributed by atoms with van der Waals surface area (Å²) < 4.78 is 2.14. The van der Waals surface area contributed by atoms with Crippen LogP contribution in [0.5, 0.6) is 0 Å². The molecule has 0 atom stereocenters. The Balaban J connectivity index is 0.00000208. The van der Waals surface area contributed by atoms with E-state index in [9.17, 15) is 4.79 Å². The Bertz CT molecular complexity index is 859. The van der Waals surface area contributed by atoms with Gasteiger partial charge >= 0.3 is 0 Å². The number of rotatable bonds is 5. The second kappa shape index (κ2) is 7.89. The summed E-state index contributed by atoms with van der Waals surface area (Å²) in [5, 5.41) is 6.74. The van der Waals surface area contributed by atoms with Crippen molar-refractivity contribution >= 4 is 57.6 Å². The van der Waals surface area contributed by atoms with Crippen LogP contribution in [0.25, 0.3) is 21.9 Å². The molecule has 2 aromatic heterocycles. The fourth-order valence-electron chi connectivity index (χ4n) is 2.74. The van der Waals surface area contributed by atoms with Gasteiger partial charge in [0.15, 0.2) is 5.82 Å². The molecule has 0 aliphatic heterocycles. The molecule has 7 heteroatoms. The number of pyridine rings is 1. The number of likely N-dealkylation sites (N-methyl/N-ethyl adjacent to an activating group) is 1. The number of imidazole rings is 1. The summed E-state index contributed by atoms with van der Waals surface area (Å²) in [6.07, 6.45) is 1.83. The van der Waals surface area contributed by atoms with Gasteiger partial charge in [-0.3, -0.25) is 4.79 Å². The molecular formula is C17H22IN5O. The van der Waals surface area contributed by atoms with E-state index in [-0.39, 0.29) is 36.4 Å². The first-order chi connectivity index (χ1) is 11.1. The number of amides is 1. The van der Waals surface area contributed by atoms with E-state index in [1.165, 1.54) is 0 Å². The van der Waals surface area contributed by atoms with Crippen LogP contribution in [0.3, 0.4) is 0 Å². The van der Waals surface area contributed by atoms with Crippen LogP contribution in [-0.4, -0.2) is 34.0 Å². The fourth-order valence-corrected chi connectivity index (χ4v) is 2.74. The molecule has 0 spiro atoms. The molecule has 1 amide bonds. The highest BCUT2D eigenvalue weighted by molar-refractivity contribution is 14.0. The lowest BCUT2D eigenvalue weighted by Gasteiger charge is -2.11. The van der Waals surface area contributed by atoms with Crippen molar-refractivity contribution < 1.29 is 4.79 Å². The van der Waals surface area contributed by atoms with Crippen LogP contribution in [-0.2, 0) is 11.3 Å². The van der Waals surface area contributed by atoms with Gasteiger partial charge in [0, 0.05) is 11.9 Å². The molecule has 128 valence electrons. The number of carbonyl (C=O) groups is 1. The van der Waals surface area contributed by atoms with Crippen LogP contribution in [0.2, 0.25) is 0 Å². The predicted octanol–water partition coefficient (Wildman–Crippen LogP) is 3.02. The number of carbonyl (C=O) groups excluding carboxylic acids is 1. The summed E-state index contributed by atoms with van der Waals surface area (Å²) >= 11 is 0. The van der Waals surface area contributed by atoms with E-state index in [4.69, 9.17) is 0 Å². The Hall–Kier alpha value is -1.74. The molecule has 6 nitrogen and oxygen atoms in total. The van der Waals surface area contributed by atoms with Crippen LogP contribution in [0.4, 0.5) is 5.82 Å². The molecule has 3 rings (SSSR count). The van der Waals surface area contributed by atoms with Crippen molar-refractivity contribution in [2.45, 2.75) is 20.4 Å². The topological polar surface area (TPSA) is 71.8 Å². The zero-order chi connectivity index (χ0) is 16.4. The van der Waals surface area contributed by atoms with E-state index in [1.54, 1.807) is 7.05 Å². The van der Waals surface area contributed by atoms with Crippen molar-refractivity contribution in [1.29, 1.82) is 0 Å². The van der Waals surface area contributed by atoms with Crippen molar-refractivity contribution in [2.75, 3.05) is 18.9 Å². The maximum absolute atomic E-state index is 11.9. The molecule has 0 unspecified atom stereocenters. The van der Waals surface area contributed by atoms with E-state index in [0.29, 0.717) is 11.7 Å². The van der Waals surface area contributed by atoms with Crippen LogP contribution < -0.4 is 10.6 Å². The molecule has 0 aliphatic rings. The van der Waals surface area contributed by atoms with Crippen molar-refractivity contribution in [3.63, 3.8) is 0 Å². The number of anilines is 1. The number of nitrogens with zero attached hydrogens (tertiary/aromatic N) is 3. The minimum Gasteiger partial charge on any atom is -0.330 e. The maximum Gasteiger partial charge on any atom is 0.239 e. The number of aromatic nitrogens is 3. The van der Waals surface area contributed by atoms with Gasteiger partial charge in [0.05, 0.1) is 23.9 Å². The molecule has 0 bridgehead atoms. The molecule has 0 aliphatic carbocycles. The van der Waals surface area contributed by atoms with Crippen molar-refractivity contribution in [2.24, 2.45) is 5.92 Å². The van der Waals surface area contributed by atoms with Crippen molar-refractivity contribution in [3.8, 4) is 0 Å². The molecule has 2 N–H and O–H groups in total. The lowest BCUT2D eigenvalue weighted by atomic mass is 10.1. The molecule has 0 saturated carbocycles. The Kier molecular flexibility index (Phi) is 6.11. The Labute approximate surface area is 158 Å². The molecule has 0 radical (unpaired) electrons. The van der Waals surface area contributed by atoms with Gasteiger partial charge in [-0.1, -0.05) is 32.0 Å². The summed E-state index contributed by atoms with van der Waals surface area (Å²) in [6.45, 7) is 5.45. The zero-order valence-corrected chi connectivity index (χ0v) is 16.4. The van der Waals surface area contributed by atoms with E-state index < -0.39 is 0 Å². The quantitative estimate of drug-likeness (QED) is 0.600. The normalized spacial score (nSPS) is 11.0. The zero-order valence-electron chi connectivity index (χ0n) is 14.0.